The predicted octanol–water partition coefficient (Wildman–Crippen LogP) is 1.78. The van der Waals surface area contributed by atoms with Gasteiger partial charge in [-0.3, -0.25) is 33.6 Å². The molecule has 1 aromatic carbocycles. The van der Waals surface area contributed by atoms with Gasteiger partial charge >= 0.3 is 5.69 Å². The van der Waals surface area contributed by atoms with Gasteiger partial charge in [-0.05, 0) is 25.0 Å². The van der Waals surface area contributed by atoms with Gasteiger partial charge < -0.3 is 19.5 Å². The maximum absolute atomic E-state index is 12.7. The highest BCUT2D eigenvalue weighted by Gasteiger charge is 2.38. The first-order valence-corrected chi connectivity index (χ1v) is 13.8. The first-order chi connectivity index (χ1) is 19.8. The fourth-order valence-corrected chi connectivity index (χ4v) is 4.97. The predicted molar refractivity (Wildman–Crippen MR) is 145 cm³/mol. The molecule has 0 aliphatic carbocycles. The summed E-state index contributed by atoms with van der Waals surface area (Å²) in [6.07, 6.45) is 5.23. The number of aromatic nitrogens is 2. The number of nitrogens with zero attached hydrogens (tertiary/aromatic N) is 2. The number of hydrogen-bond donors (Lipinski definition) is 2. The summed E-state index contributed by atoms with van der Waals surface area (Å²) in [6.45, 7) is 0.926. The van der Waals surface area contributed by atoms with Gasteiger partial charge in [0.1, 0.15) is 17.9 Å². The van der Waals surface area contributed by atoms with E-state index in [0.29, 0.717) is 30.5 Å². The van der Waals surface area contributed by atoms with Crippen LogP contribution in [0, 0.1) is 0 Å². The lowest BCUT2D eigenvalue weighted by molar-refractivity contribution is -0.0923. The molecule has 3 heterocycles. The number of methoxy groups -OCH3 is 2. The first kappa shape index (κ1) is 30.3. The van der Waals surface area contributed by atoms with Crippen molar-refractivity contribution in [3.05, 3.63) is 68.0 Å². The molecule has 2 N–H and O–H groups in total. The van der Waals surface area contributed by atoms with E-state index in [2.05, 4.69) is 10.3 Å². The van der Waals surface area contributed by atoms with E-state index in [0.717, 1.165) is 37.2 Å². The Labute approximate surface area is 236 Å². The van der Waals surface area contributed by atoms with E-state index in [1.807, 2.05) is 0 Å². The number of fused-ring (bicyclic) bond motifs is 1. The van der Waals surface area contributed by atoms with E-state index in [1.54, 1.807) is 31.4 Å². The maximum Gasteiger partial charge on any atom is 0.330 e. The number of carbonyl (C=O) groups is 3. The molecule has 222 valence electrons. The van der Waals surface area contributed by atoms with E-state index in [9.17, 15) is 24.0 Å². The zero-order chi connectivity index (χ0) is 29.4. The van der Waals surface area contributed by atoms with Crippen molar-refractivity contribution in [1.82, 2.24) is 19.9 Å². The van der Waals surface area contributed by atoms with E-state index in [1.165, 1.54) is 17.9 Å². The Morgan fingerprint density at radius 2 is 1.66 bits per heavy atom. The molecule has 2 aromatic rings. The number of imide groups is 1. The minimum atomic E-state index is -0.762. The topological polar surface area (TPSA) is 158 Å². The number of aromatic amines is 1. The average Bonchev–Trinajstić information content (AvgIpc) is 3.48. The molecule has 0 spiro atoms. The number of hydrogen-bond acceptors (Lipinski definition) is 9. The molecule has 41 heavy (non-hydrogen) atoms. The van der Waals surface area contributed by atoms with Crippen LogP contribution in [-0.4, -0.2) is 78.5 Å². The van der Waals surface area contributed by atoms with Crippen LogP contribution in [-0.2, 0) is 19.0 Å². The highest BCUT2D eigenvalue weighted by atomic mass is 16.7. The number of ether oxygens (including phenoxy) is 3. The minimum absolute atomic E-state index is 0.171. The van der Waals surface area contributed by atoms with E-state index < -0.39 is 35.2 Å². The molecule has 0 saturated carbocycles. The number of unbranched alkanes of at least 4 members (excludes halogenated alkanes) is 5. The van der Waals surface area contributed by atoms with Crippen molar-refractivity contribution in [1.29, 1.82) is 0 Å². The van der Waals surface area contributed by atoms with Crippen molar-refractivity contribution < 1.29 is 33.4 Å². The quantitative estimate of drug-likeness (QED) is 0.240. The zero-order valence-corrected chi connectivity index (χ0v) is 23.3. The van der Waals surface area contributed by atoms with Gasteiger partial charge in [0.2, 0.25) is 0 Å². The Hall–Kier alpha value is -3.65. The van der Waals surface area contributed by atoms with Crippen molar-refractivity contribution in [3.8, 4) is 0 Å². The molecule has 13 heteroatoms. The third-order valence-corrected chi connectivity index (χ3v) is 7.17. The summed E-state index contributed by atoms with van der Waals surface area (Å²) in [5.74, 6) is -1.44. The molecular formula is C28H36N4O9. The fourth-order valence-electron chi connectivity index (χ4n) is 4.97. The first-order valence-electron chi connectivity index (χ1n) is 13.8. The van der Waals surface area contributed by atoms with Crippen molar-refractivity contribution in [2.45, 2.75) is 63.4 Å². The number of rotatable bonds is 15. The Morgan fingerprint density at radius 3 is 2.32 bits per heavy atom. The lowest BCUT2D eigenvalue weighted by Gasteiger charge is -2.16. The van der Waals surface area contributed by atoms with Crippen molar-refractivity contribution in [2.24, 2.45) is 0 Å². The van der Waals surface area contributed by atoms with Crippen LogP contribution in [0.4, 0.5) is 0 Å². The molecular weight excluding hydrogens is 536 g/mol. The molecule has 0 bridgehead atoms. The molecule has 13 nitrogen and oxygen atoms in total. The maximum atomic E-state index is 12.7. The van der Waals surface area contributed by atoms with Crippen LogP contribution in [0.1, 0.15) is 82.2 Å². The number of nitrogens with one attached hydrogen (secondary N) is 2. The lowest BCUT2D eigenvalue weighted by Crippen LogP contribution is -2.38. The Morgan fingerprint density at radius 1 is 1.00 bits per heavy atom. The molecule has 1 saturated heterocycles. The molecule has 2 aliphatic rings. The third kappa shape index (κ3) is 7.17. The number of benzene rings is 1. The summed E-state index contributed by atoms with van der Waals surface area (Å²) >= 11 is 0. The lowest BCUT2D eigenvalue weighted by atomic mass is 10.1. The van der Waals surface area contributed by atoms with E-state index in [-0.39, 0.29) is 31.0 Å². The summed E-state index contributed by atoms with van der Waals surface area (Å²) in [7, 11) is 3.08. The summed E-state index contributed by atoms with van der Waals surface area (Å²) in [5.41, 5.74) is -0.888. The average molecular weight is 573 g/mol. The van der Waals surface area contributed by atoms with Gasteiger partial charge in [-0.1, -0.05) is 37.8 Å². The minimum Gasteiger partial charge on any atom is -0.382 e. The van der Waals surface area contributed by atoms with Crippen LogP contribution in [0.25, 0.3) is 0 Å². The second-order valence-electron chi connectivity index (χ2n) is 9.96. The monoisotopic (exact) mass is 572 g/mol. The van der Waals surface area contributed by atoms with Gasteiger partial charge in [-0.2, -0.15) is 0 Å². The second kappa shape index (κ2) is 14.3. The van der Waals surface area contributed by atoms with Gasteiger partial charge in [0.05, 0.1) is 30.4 Å². The number of amides is 3. The Kier molecular flexibility index (Phi) is 10.6. The smallest absolute Gasteiger partial charge is 0.330 e. The Bertz CT molecular complexity index is 1320. The standard InChI is InChI=1S/C28H36N4O9/c1-38-17-22-21(39-2)15-23(41-22)31-16-20(25(34)30-28(31)37)24(33)29-13-9-5-3-4-6-10-14-40-32-26(35)18-11-7-8-12-19(18)27(32)36/h7-8,11-12,16,21-23H,3-6,9-10,13-15,17H2,1-2H3,(H,29,33)(H,30,34,37)/t21-,22-,23-/m1/s1. The molecule has 3 atom stereocenters. The van der Waals surface area contributed by atoms with Gasteiger partial charge in [0, 0.05) is 33.4 Å². The summed E-state index contributed by atoms with van der Waals surface area (Å²) < 4.78 is 17.6. The molecule has 1 fully saturated rings. The molecule has 1 aromatic heterocycles. The molecule has 2 aliphatic heterocycles. The summed E-state index contributed by atoms with van der Waals surface area (Å²) in [4.78, 5) is 69.6. The molecule has 3 amide bonds. The normalized spacial score (nSPS) is 20.0. The van der Waals surface area contributed by atoms with Crippen molar-refractivity contribution in [2.75, 3.05) is 34.0 Å². The number of hydroxylamine groups is 2. The molecule has 0 radical (unpaired) electrons. The van der Waals surface area contributed by atoms with E-state index in [4.69, 9.17) is 19.0 Å². The van der Waals surface area contributed by atoms with Crippen LogP contribution in [0.2, 0.25) is 0 Å². The van der Waals surface area contributed by atoms with Gasteiger partial charge in [-0.15, -0.1) is 5.06 Å². The summed E-state index contributed by atoms with van der Waals surface area (Å²) in [6, 6.07) is 6.64. The van der Waals surface area contributed by atoms with Crippen LogP contribution < -0.4 is 16.6 Å². The highest BCUT2D eigenvalue weighted by Crippen LogP contribution is 2.29. The fraction of sp³-hybridized carbons (Fsp3) is 0.536. The number of H-pyrrole nitrogens is 1. The third-order valence-electron chi connectivity index (χ3n) is 7.17. The van der Waals surface area contributed by atoms with Crippen molar-refractivity contribution >= 4 is 17.7 Å². The second-order valence-corrected chi connectivity index (χ2v) is 9.96. The molecule has 4 rings (SSSR count). The van der Waals surface area contributed by atoms with Crippen LogP contribution >= 0.6 is 0 Å². The van der Waals surface area contributed by atoms with E-state index >= 15 is 0 Å². The van der Waals surface area contributed by atoms with Crippen LogP contribution in [0.15, 0.2) is 40.1 Å². The van der Waals surface area contributed by atoms with Crippen molar-refractivity contribution in [3.63, 3.8) is 0 Å². The highest BCUT2D eigenvalue weighted by molar-refractivity contribution is 6.20. The molecule has 0 unspecified atom stereocenters. The van der Waals surface area contributed by atoms with Crippen LogP contribution in [0.3, 0.4) is 0 Å². The largest absolute Gasteiger partial charge is 0.382 e. The Balaban J connectivity index is 1.13. The van der Waals surface area contributed by atoms with Crippen LogP contribution in [0.5, 0.6) is 0 Å². The zero-order valence-electron chi connectivity index (χ0n) is 23.3. The van der Waals surface area contributed by atoms with Gasteiger partial charge in [-0.25, -0.2) is 4.79 Å². The van der Waals surface area contributed by atoms with Gasteiger partial charge in [0.25, 0.3) is 23.3 Å². The summed E-state index contributed by atoms with van der Waals surface area (Å²) in [5, 5.41) is 3.57. The SMILES string of the molecule is COC[C@H]1O[C@@H](n2cc(C(=O)NCCCCCCCCON3C(=O)c4ccccc4C3=O)c(=O)[nH]c2=O)C[C@H]1OC. The van der Waals surface area contributed by atoms with Gasteiger partial charge in [0.15, 0.2) is 0 Å². The number of carbonyl (C=O) groups excluding carboxylic acids is 3.